The van der Waals surface area contributed by atoms with E-state index >= 15 is 0 Å². The second-order valence-corrected chi connectivity index (χ2v) is 3.90. The van der Waals surface area contributed by atoms with Crippen LogP contribution in [0.5, 0.6) is 0 Å². The predicted octanol–water partition coefficient (Wildman–Crippen LogP) is 2.01. The third-order valence-electron chi connectivity index (χ3n) is 2.02. The molecule has 0 fully saturated rings. The molecule has 3 heteroatoms. The molecule has 1 aromatic rings. The number of carbonyl (C=O) groups is 1. The third-order valence-corrected chi connectivity index (χ3v) is 2.02. The highest BCUT2D eigenvalue weighted by molar-refractivity contribution is 5.94. The molecule has 0 aliphatic heterocycles. The summed E-state index contributed by atoms with van der Waals surface area (Å²) in [5.41, 5.74) is 0.833. The Morgan fingerprint density at radius 3 is 2.27 bits per heavy atom. The molecule has 1 amide bonds. The van der Waals surface area contributed by atoms with Gasteiger partial charge in [-0.2, -0.15) is 0 Å². The molecule has 1 rings (SSSR count). The zero-order chi connectivity index (χ0) is 11.3. The molecule has 0 aliphatic carbocycles. The van der Waals surface area contributed by atoms with Crippen LogP contribution in [-0.2, 0) is 4.79 Å². The van der Waals surface area contributed by atoms with Gasteiger partial charge < -0.3 is 10.6 Å². The van der Waals surface area contributed by atoms with Crippen LogP contribution in [0.15, 0.2) is 30.3 Å². The van der Waals surface area contributed by atoms with E-state index in [2.05, 4.69) is 10.6 Å². The van der Waals surface area contributed by atoms with Gasteiger partial charge in [-0.15, -0.1) is 0 Å². The maximum absolute atomic E-state index is 11.7. The summed E-state index contributed by atoms with van der Waals surface area (Å²) in [6.07, 6.45) is 0. The van der Waals surface area contributed by atoms with E-state index in [9.17, 15) is 4.79 Å². The number of hydrogen-bond donors (Lipinski definition) is 2. The van der Waals surface area contributed by atoms with Crippen molar-refractivity contribution in [2.24, 2.45) is 0 Å². The van der Waals surface area contributed by atoms with Gasteiger partial charge in [0.05, 0.1) is 6.04 Å². The number of carbonyl (C=O) groups excluding carboxylic acids is 1. The predicted molar refractivity (Wildman–Crippen MR) is 62.8 cm³/mol. The molecule has 0 aromatic heterocycles. The molecule has 15 heavy (non-hydrogen) atoms. The van der Waals surface area contributed by atoms with Crippen LogP contribution in [0.2, 0.25) is 0 Å². The van der Waals surface area contributed by atoms with Crippen LogP contribution in [0.1, 0.15) is 20.8 Å². The van der Waals surface area contributed by atoms with Crippen molar-refractivity contribution in [1.29, 1.82) is 0 Å². The molecular formula is C12H18N2O. The summed E-state index contributed by atoms with van der Waals surface area (Å²) in [5, 5.41) is 6.00. The van der Waals surface area contributed by atoms with Crippen molar-refractivity contribution >= 4 is 11.6 Å². The van der Waals surface area contributed by atoms with Crippen LogP contribution in [0.3, 0.4) is 0 Å². The summed E-state index contributed by atoms with van der Waals surface area (Å²) < 4.78 is 0. The van der Waals surface area contributed by atoms with Gasteiger partial charge in [0.25, 0.3) is 0 Å². The number of rotatable bonds is 4. The van der Waals surface area contributed by atoms with Gasteiger partial charge in [-0.3, -0.25) is 4.79 Å². The lowest BCUT2D eigenvalue weighted by molar-refractivity contribution is -0.117. The SMILES string of the molecule is CC(C)NC(C)C(=O)Nc1ccccc1. The highest BCUT2D eigenvalue weighted by Crippen LogP contribution is 2.05. The van der Waals surface area contributed by atoms with E-state index in [1.165, 1.54) is 0 Å². The Labute approximate surface area is 90.9 Å². The average molecular weight is 206 g/mol. The first-order valence-electron chi connectivity index (χ1n) is 5.21. The van der Waals surface area contributed by atoms with Crippen molar-refractivity contribution in [3.05, 3.63) is 30.3 Å². The van der Waals surface area contributed by atoms with Crippen LogP contribution < -0.4 is 10.6 Å². The van der Waals surface area contributed by atoms with Crippen LogP contribution in [-0.4, -0.2) is 18.0 Å². The van der Waals surface area contributed by atoms with Gasteiger partial charge in [0.1, 0.15) is 0 Å². The average Bonchev–Trinajstić information content (AvgIpc) is 2.18. The molecule has 0 bridgehead atoms. The lowest BCUT2D eigenvalue weighted by Crippen LogP contribution is -2.41. The van der Waals surface area contributed by atoms with Crippen LogP contribution in [0.25, 0.3) is 0 Å². The molecule has 0 heterocycles. The molecule has 0 aliphatic rings. The summed E-state index contributed by atoms with van der Waals surface area (Å²) in [6.45, 7) is 5.90. The van der Waals surface area contributed by atoms with Crippen molar-refractivity contribution in [3.8, 4) is 0 Å². The van der Waals surface area contributed by atoms with Crippen molar-refractivity contribution in [2.75, 3.05) is 5.32 Å². The largest absolute Gasteiger partial charge is 0.325 e. The summed E-state index contributed by atoms with van der Waals surface area (Å²) in [4.78, 5) is 11.7. The van der Waals surface area contributed by atoms with E-state index in [1.54, 1.807) is 0 Å². The number of nitrogens with one attached hydrogen (secondary N) is 2. The highest BCUT2D eigenvalue weighted by Gasteiger charge is 2.12. The third kappa shape index (κ3) is 4.13. The van der Waals surface area contributed by atoms with E-state index in [1.807, 2.05) is 51.1 Å². The summed E-state index contributed by atoms with van der Waals surface area (Å²) >= 11 is 0. The van der Waals surface area contributed by atoms with Crippen molar-refractivity contribution < 1.29 is 4.79 Å². The molecule has 0 radical (unpaired) electrons. The van der Waals surface area contributed by atoms with Gasteiger partial charge in [0.2, 0.25) is 5.91 Å². The zero-order valence-electron chi connectivity index (χ0n) is 9.45. The minimum absolute atomic E-state index is 0.00472. The Morgan fingerprint density at radius 1 is 1.13 bits per heavy atom. The van der Waals surface area contributed by atoms with Crippen molar-refractivity contribution in [2.45, 2.75) is 32.9 Å². The van der Waals surface area contributed by atoms with Crippen LogP contribution in [0, 0.1) is 0 Å². The Balaban J connectivity index is 2.49. The zero-order valence-corrected chi connectivity index (χ0v) is 9.45. The first-order chi connectivity index (χ1) is 7.09. The molecule has 0 spiro atoms. The van der Waals surface area contributed by atoms with E-state index in [4.69, 9.17) is 0 Å². The fourth-order valence-corrected chi connectivity index (χ4v) is 1.35. The summed E-state index contributed by atoms with van der Waals surface area (Å²) in [6, 6.07) is 9.60. The van der Waals surface area contributed by atoms with E-state index in [-0.39, 0.29) is 11.9 Å². The molecule has 0 saturated carbocycles. The highest BCUT2D eigenvalue weighted by atomic mass is 16.2. The van der Waals surface area contributed by atoms with Gasteiger partial charge in [-0.05, 0) is 19.1 Å². The summed E-state index contributed by atoms with van der Waals surface area (Å²) in [5.74, 6) is -0.00472. The molecule has 3 nitrogen and oxygen atoms in total. The smallest absolute Gasteiger partial charge is 0.241 e. The lowest BCUT2D eigenvalue weighted by atomic mass is 10.2. The molecule has 82 valence electrons. The van der Waals surface area contributed by atoms with E-state index in [0.29, 0.717) is 6.04 Å². The van der Waals surface area contributed by atoms with Crippen LogP contribution >= 0.6 is 0 Å². The normalized spacial score (nSPS) is 12.5. The van der Waals surface area contributed by atoms with Gasteiger partial charge in [0.15, 0.2) is 0 Å². The Hall–Kier alpha value is -1.35. The first kappa shape index (κ1) is 11.7. The fourth-order valence-electron chi connectivity index (χ4n) is 1.35. The maximum atomic E-state index is 11.7. The second kappa shape index (κ2) is 5.51. The molecule has 1 unspecified atom stereocenters. The first-order valence-corrected chi connectivity index (χ1v) is 5.21. The summed E-state index contributed by atoms with van der Waals surface area (Å²) in [7, 11) is 0. The van der Waals surface area contributed by atoms with Crippen LogP contribution in [0.4, 0.5) is 5.69 Å². The number of para-hydroxylation sites is 1. The number of hydrogen-bond acceptors (Lipinski definition) is 2. The lowest BCUT2D eigenvalue weighted by Gasteiger charge is -2.16. The standard InChI is InChI=1S/C12H18N2O/c1-9(2)13-10(3)12(15)14-11-7-5-4-6-8-11/h4-10,13H,1-3H3,(H,14,15). The van der Waals surface area contributed by atoms with E-state index in [0.717, 1.165) is 5.69 Å². The van der Waals surface area contributed by atoms with Crippen molar-refractivity contribution in [1.82, 2.24) is 5.32 Å². The molecular weight excluding hydrogens is 188 g/mol. The Kier molecular flexibility index (Phi) is 4.31. The van der Waals surface area contributed by atoms with Gasteiger partial charge in [-0.25, -0.2) is 0 Å². The molecule has 0 saturated heterocycles. The molecule has 1 atom stereocenters. The second-order valence-electron chi connectivity index (χ2n) is 3.90. The van der Waals surface area contributed by atoms with Gasteiger partial charge >= 0.3 is 0 Å². The minimum Gasteiger partial charge on any atom is -0.325 e. The number of benzene rings is 1. The monoisotopic (exact) mass is 206 g/mol. The molecule has 1 aromatic carbocycles. The minimum atomic E-state index is -0.176. The quantitative estimate of drug-likeness (QED) is 0.791. The fraction of sp³-hybridized carbons (Fsp3) is 0.417. The Morgan fingerprint density at radius 2 is 1.73 bits per heavy atom. The number of anilines is 1. The van der Waals surface area contributed by atoms with Crippen molar-refractivity contribution in [3.63, 3.8) is 0 Å². The van der Waals surface area contributed by atoms with Gasteiger partial charge in [-0.1, -0.05) is 32.0 Å². The Bertz CT molecular complexity index is 309. The van der Waals surface area contributed by atoms with E-state index < -0.39 is 0 Å². The maximum Gasteiger partial charge on any atom is 0.241 e. The van der Waals surface area contributed by atoms with Gasteiger partial charge in [0, 0.05) is 11.7 Å². The molecule has 2 N–H and O–H groups in total. The topological polar surface area (TPSA) is 41.1 Å². The number of amides is 1.